The number of carbonyl (C=O) groups is 1. The standard InChI is InChI=1S/C19H18N2O4S/c1-23-15-8-13(9-22)16(18(25-3)17(15)24-2)12-6-4-5-11(7-12)14-10-26-19(20)21-14/h4-10H,1-3H3,(H2,20,21). The number of nitrogen functional groups attached to an aromatic ring is 1. The van der Waals surface area contributed by atoms with Gasteiger partial charge < -0.3 is 19.9 Å². The zero-order valence-electron chi connectivity index (χ0n) is 14.6. The van der Waals surface area contributed by atoms with Crippen molar-refractivity contribution in [2.75, 3.05) is 27.1 Å². The lowest BCUT2D eigenvalue weighted by molar-refractivity contribution is 0.112. The van der Waals surface area contributed by atoms with Crippen molar-refractivity contribution in [1.82, 2.24) is 4.98 Å². The summed E-state index contributed by atoms with van der Waals surface area (Å²) in [5, 5.41) is 2.39. The Hall–Kier alpha value is -3.06. The fraction of sp³-hybridized carbons (Fsp3) is 0.158. The van der Waals surface area contributed by atoms with Crippen LogP contribution in [0.4, 0.5) is 5.13 Å². The van der Waals surface area contributed by atoms with Gasteiger partial charge in [0.05, 0.1) is 27.0 Å². The summed E-state index contributed by atoms with van der Waals surface area (Å²) in [7, 11) is 4.57. The molecule has 134 valence electrons. The van der Waals surface area contributed by atoms with Crippen LogP contribution in [-0.4, -0.2) is 32.6 Å². The van der Waals surface area contributed by atoms with Crippen molar-refractivity contribution in [3.63, 3.8) is 0 Å². The molecule has 0 saturated heterocycles. The van der Waals surface area contributed by atoms with Crippen LogP contribution in [0.5, 0.6) is 17.2 Å². The quantitative estimate of drug-likeness (QED) is 0.663. The van der Waals surface area contributed by atoms with Crippen LogP contribution >= 0.6 is 11.3 Å². The zero-order chi connectivity index (χ0) is 18.7. The van der Waals surface area contributed by atoms with E-state index in [1.807, 2.05) is 29.6 Å². The van der Waals surface area contributed by atoms with Gasteiger partial charge in [0.25, 0.3) is 0 Å². The number of hydrogen-bond acceptors (Lipinski definition) is 7. The van der Waals surface area contributed by atoms with Crippen molar-refractivity contribution in [3.8, 4) is 39.6 Å². The third-order valence-corrected chi connectivity index (χ3v) is 4.63. The molecule has 2 N–H and O–H groups in total. The molecule has 3 rings (SSSR count). The molecule has 0 atom stereocenters. The van der Waals surface area contributed by atoms with Crippen LogP contribution in [0.2, 0.25) is 0 Å². The number of aromatic nitrogens is 1. The summed E-state index contributed by atoms with van der Waals surface area (Å²) in [4.78, 5) is 16.0. The van der Waals surface area contributed by atoms with Gasteiger partial charge in [0.1, 0.15) is 0 Å². The van der Waals surface area contributed by atoms with Gasteiger partial charge >= 0.3 is 0 Å². The zero-order valence-corrected chi connectivity index (χ0v) is 15.4. The highest BCUT2D eigenvalue weighted by Crippen LogP contribution is 2.46. The number of anilines is 1. The predicted octanol–water partition coefficient (Wildman–Crippen LogP) is 3.90. The number of hydrogen-bond donors (Lipinski definition) is 1. The Labute approximate surface area is 155 Å². The van der Waals surface area contributed by atoms with Crippen LogP contribution in [0.3, 0.4) is 0 Å². The van der Waals surface area contributed by atoms with E-state index >= 15 is 0 Å². The van der Waals surface area contributed by atoms with Gasteiger partial charge in [0, 0.05) is 22.1 Å². The van der Waals surface area contributed by atoms with E-state index in [2.05, 4.69) is 4.98 Å². The summed E-state index contributed by atoms with van der Waals surface area (Å²) in [6, 6.07) is 9.30. The molecule has 1 aromatic heterocycles. The van der Waals surface area contributed by atoms with Crippen molar-refractivity contribution < 1.29 is 19.0 Å². The van der Waals surface area contributed by atoms with Crippen LogP contribution < -0.4 is 19.9 Å². The van der Waals surface area contributed by atoms with E-state index in [9.17, 15) is 4.79 Å². The minimum Gasteiger partial charge on any atom is -0.493 e. The molecule has 0 aliphatic heterocycles. The smallest absolute Gasteiger partial charge is 0.203 e. The molecule has 1 heterocycles. The fourth-order valence-corrected chi connectivity index (χ4v) is 3.39. The summed E-state index contributed by atoms with van der Waals surface area (Å²) in [5.41, 5.74) is 9.28. The first-order valence-electron chi connectivity index (χ1n) is 7.72. The van der Waals surface area contributed by atoms with Crippen LogP contribution in [0, 0.1) is 0 Å². The highest BCUT2D eigenvalue weighted by molar-refractivity contribution is 7.13. The van der Waals surface area contributed by atoms with Gasteiger partial charge in [-0.25, -0.2) is 4.98 Å². The monoisotopic (exact) mass is 370 g/mol. The van der Waals surface area contributed by atoms with Gasteiger partial charge in [-0.3, -0.25) is 4.79 Å². The lowest BCUT2D eigenvalue weighted by Crippen LogP contribution is -2.00. The molecule has 0 unspecified atom stereocenters. The van der Waals surface area contributed by atoms with E-state index in [0.29, 0.717) is 33.5 Å². The van der Waals surface area contributed by atoms with E-state index in [1.54, 1.807) is 6.07 Å². The molecule has 7 heteroatoms. The number of carbonyl (C=O) groups excluding carboxylic acids is 1. The molecule has 0 spiro atoms. The normalized spacial score (nSPS) is 10.4. The van der Waals surface area contributed by atoms with Crippen LogP contribution in [0.25, 0.3) is 22.4 Å². The number of nitrogens with zero attached hydrogens (tertiary/aromatic N) is 1. The SMILES string of the molecule is COc1cc(C=O)c(-c2cccc(-c3csc(N)n3)c2)c(OC)c1OC. The second-order valence-corrected chi connectivity index (χ2v) is 6.27. The second kappa shape index (κ2) is 7.45. The molecule has 0 amide bonds. The Bertz CT molecular complexity index is 953. The summed E-state index contributed by atoms with van der Waals surface area (Å²) in [6.07, 6.45) is 0.771. The van der Waals surface area contributed by atoms with Gasteiger partial charge in [0.2, 0.25) is 5.75 Å². The molecule has 3 aromatic rings. The van der Waals surface area contributed by atoms with Crippen molar-refractivity contribution >= 4 is 22.8 Å². The average molecular weight is 370 g/mol. The first kappa shape index (κ1) is 17.8. The summed E-state index contributed by atoms with van der Waals surface area (Å²) < 4.78 is 16.3. The minimum absolute atomic E-state index is 0.429. The molecule has 0 aliphatic rings. The molecule has 0 aliphatic carbocycles. The minimum atomic E-state index is 0.429. The molecule has 0 fully saturated rings. The van der Waals surface area contributed by atoms with Crippen LogP contribution in [-0.2, 0) is 0 Å². The number of methoxy groups -OCH3 is 3. The third kappa shape index (κ3) is 3.09. The number of thiazole rings is 1. The Morgan fingerprint density at radius 2 is 1.77 bits per heavy atom. The van der Waals surface area contributed by atoms with E-state index < -0.39 is 0 Å². The maximum atomic E-state index is 11.7. The van der Waals surface area contributed by atoms with Gasteiger partial charge in [0.15, 0.2) is 22.9 Å². The summed E-state index contributed by atoms with van der Waals surface area (Å²) in [6.45, 7) is 0. The maximum absolute atomic E-state index is 11.7. The molecular weight excluding hydrogens is 352 g/mol. The lowest BCUT2D eigenvalue weighted by atomic mass is 9.96. The second-order valence-electron chi connectivity index (χ2n) is 5.38. The fourth-order valence-electron chi connectivity index (χ4n) is 2.82. The number of benzene rings is 2. The van der Waals surface area contributed by atoms with Gasteiger partial charge in [-0.1, -0.05) is 18.2 Å². The van der Waals surface area contributed by atoms with Crippen molar-refractivity contribution in [2.24, 2.45) is 0 Å². The Morgan fingerprint density at radius 1 is 1.04 bits per heavy atom. The van der Waals surface area contributed by atoms with Crippen LogP contribution in [0.15, 0.2) is 35.7 Å². The molecule has 6 nitrogen and oxygen atoms in total. The largest absolute Gasteiger partial charge is 0.493 e. The first-order valence-corrected chi connectivity index (χ1v) is 8.60. The Kier molecular flexibility index (Phi) is 5.09. The highest BCUT2D eigenvalue weighted by atomic mass is 32.1. The number of aldehydes is 1. The average Bonchev–Trinajstić information content (AvgIpc) is 3.12. The summed E-state index contributed by atoms with van der Waals surface area (Å²) >= 11 is 1.38. The number of ether oxygens (including phenoxy) is 3. The predicted molar refractivity (Wildman–Crippen MR) is 102 cm³/mol. The van der Waals surface area contributed by atoms with Gasteiger partial charge in [-0.15, -0.1) is 11.3 Å². The van der Waals surface area contributed by atoms with E-state index in [-0.39, 0.29) is 0 Å². The summed E-state index contributed by atoms with van der Waals surface area (Å²) in [5.74, 6) is 1.29. The van der Waals surface area contributed by atoms with E-state index in [1.165, 1.54) is 32.7 Å². The van der Waals surface area contributed by atoms with E-state index in [0.717, 1.165) is 23.1 Å². The van der Waals surface area contributed by atoms with Crippen molar-refractivity contribution in [2.45, 2.75) is 0 Å². The Morgan fingerprint density at radius 3 is 2.35 bits per heavy atom. The Balaban J connectivity index is 2.24. The number of rotatable bonds is 6. The molecule has 0 bridgehead atoms. The molecule has 2 aromatic carbocycles. The third-order valence-electron chi connectivity index (χ3n) is 3.96. The van der Waals surface area contributed by atoms with E-state index in [4.69, 9.17) is 19.9 Å². The maximum Gasteiger partial charge on any atom is 0.203 e. The van der Waals surface area contributed by atoms with Crippen LogP contribution in [0.1, 0.15) is 10.4 Å². The highest BCUT2D eigenvalue weighted by Gasteiger charge is 2.22. The van der Waals surface area contributed by atoms with Gasteiger partial charge in [-0.2, -0.15) is 0 Å². The van der Waals surface area contributed by atoms with Crippen molar-refractivity contribution in [1.29, 1.82) is 0 Å². The molecule has 26 heavy (non-hydrogen) atoms. The topological polar surface area (TPSA) is 83.7 Å². The van der Waals surface area contributed by atoms with Gasteiger partial charge in [-0.05, 0) is 17.7 Å². The lowest BCUT2D eigenvalue weighted by Gasteiger charge is -2.18. The molecular formula is C19H18N2O4S. The molecule has 0 radical (unpaired) electrons. The molecule has 0 saturated carbocycles. The first-order chi connectivity index (χ1) is 12.6. The van der Waals surface area contributed by atoms with Crippen molar-refractivity contribution in [3.05, 3.63) is 41.3 Å². The number of nitrogens with two attached hydrogens (primary N) is 1.